The smallest absolute Gasteiger partial charge is 0.187 e. The van der Waals surface area contributed by atoms with Gasteiger partial charge in [0.25, 0.3) is 0 Å². The number of rotatable bonds is 4. The van der Waals surface area contributed by atoms with E-state index in [1.54, 1.807) is 6.92 Å². The quantitative estimate of drug-likeness (QED) is 0.432. The van der Waals surface area contributed by atoms with Crippen LogP contribution in [0.5, 0.6) is 0 Å². The van der Waals surface area contributed by atoms with Crippen molar-refractivity contribution in [3.8, 4) is 0 Å². The molecule has 5 N–H and O–H groups in total. The molecule has 2 aliphatic rings. The fourth-order valence-corrected chi connectivity index (χ4v) is 3.25. The molecular weight excluding hydrogens is 304 g/mol. The van der Waals surface area contributed by atoms with Crippen LogP contribution in [0.25, 0.3) is 0 Å². The Hall–Kier alpha value is -0.540. The van der Waals surface area contributed by atoms with Crippen molar-refractivity contribution in [1.29, 1.82) is 0 Å². The van der Waals surface area contributed by atoms with Gasteiger partial charge < -0.3 is 35.0 Å². The molecule has 0 unspecified atom stereocenters. The Morgan fingerprint density at radius 3 is 2.48 bits per heavy atom. The minimum absolute atomic E-state index is 0.199. The summed E-state index contributed by atoms with van der Waals surface area (Å²) < 4.78 is 11.1. The zero-order chi connectivity index (χ0) is 17.4. The first kappa shape index (κ1) is 18.8. The number of aliphatic hydroxyl groups is 5. The number of hydrogen-bond acceptors (Lipinski definition) is 7. The Balaban J connectivity index is 2.10. The maximum absolute atomic E-state index is 10.5. The molecule has 1 aliphatic heterocycles. The predicted molar refractivity (Wildman–Crippen MR) is 81.4 cm³/mol. The number of hydrogen-bond donors (Lipinski definition) is 5. The van der Waals surface area contributed by atoms with Gasteiger partial charge in [-0.05, 0) is 39.0 Å². The largest absolute Gasteiger partial charge is 0.394 e. The molecule has 23 heavy (non-hydrogen) atoms. The number of allylic oxidation sites excluding steroid dienone is 1. The fraction of sp³-hybridized carbons (Fsp3) is 0.875. The Morgan fingerprint density at radius 2 is 1.91 bits per heavy atom. The van der Waals surface area contributed by atoms with E-state index in [1.165, 1.54) is 0 Å². The van der Waals surface area contributed by atoms with Crippen molar-refractivity contribution < 1.29 is 35.0 Å². The van der Waals surface area contributed by atoms with Crippen molar-refractivity contribution in [2.45, 2.75) is 75.5 Å². The van der Waals surface area contributed by atoms with Crippen molar-refractivity contribution in [3.63, 3.8) is 0 Å². The Bertz CT molecular complexity index is 423. The summed E-state index contributed by atoms with van der Waals surface area (Å²) in [5.74, 6) is 0.199. The van der Waals surface area contributed by atoms with E-state index in [-0.39, 0.29) is 5.92 Å². The highest BCUT2D eigenvalue weighted by Gasteiger charge is 2.48. The van der Waals surface area contributed by atoms with Gasteiger partial charge in [0.15, 0.2) is 6.29 Å². The summed E-state index contributed by atoms with van der Waals surface area (Å²) in [6, 6.07) is 0. The summed E-state index contributed by atoms with van der Waals surface area (Å²) >= 11 is 0. The van der Waals surface area contributed by atoms with Gasteiger partial charge in [0.05, 0.1) is 18.3 Å². The van der Waals surface area contributed by atoms with Gasteiger partial charge in [0.1, 0.15) is 24.4 Å². The Morgan fingerprint density at radius 1 is 1.26 bits per heavy atom. The van der Waals surface area contributed by atoms with E-state index in [2.05, 4.69) is 6.58 Å². The third-order valence-corrected chi connectivity index (χ3v) is 5.03. The van der Waals surface area contributed by atoms with Crippen LogP contribution in [0.1, 0.15) is 33.1 Å². The molecule has 0 amide bonds. The zero-order valence-corrected chi connectivity index (χ0v) is 13.6. The van der Waals surface area contributed by atoms with Crippen LogP contribution in [-0.4, -0.2) is 74.6 Å². The summed E-state index contributed by atoms with van der Waals surface area (Å²) in [5, 5.41) is 49.4. The van der Waals surface area contributed by atoms with Crippen LogP contribution >= 0.6 is 0 Å². The minimum Gasteiger partial charge on any atom is -0.394 e. The average molecular weight is 332 g/mol. The second-order valence-corrected chi connectivity index (χ2v) is 7.00. The van der Waals surface area contributed by atoms with E-state index in [0.717, 1.165) is 12.0 Å². The lowest BCUT2D eigenvalue weighted by Gasteiger charge is -2.46. The fourth-order valence-electron chi connectivity index (χ4n) is 3.25. The van der Waals surface area contributed by atoms with E-state index < -0.39 is 49.0 Å². The maximum atomic E-state index is 10.5. The van der Waals surface area contributed by atoms with Crippen LogP contribution in [0.15, 0.2) is 12.2 Å². The Kier molecular flexibility index (Phi) is 5.84. The highest BCUT2D eigenvalue weighted by Crippen LogP contribution is 2.38. The van der Waals surface area contributed by atoms with E-state index in [1.807, 2.05) is 6.92 Å². The number of ether oxygens (including phenoxy) is 2. The molecular formula is C16H28O7. The zero-order valence-electron chi connectivity index (χ0n) is 13.6. The molecule has 0 spiro atoms. The van der Waals surface area contributed by atoms with Gasteiger partial charge in [-0.15, -0.1) is 0 Å². The molecule has 1 heterocycles. The third-order valence-electron chi connectivity index (χ3n) is 5.03. The first-order valence-electron chi connectivity index (χ1n) is 8.01. The van der Waals surface area contributed by atoms with E-state index in [0.29, 0.717) is 12.8 Å². The highest BCUT2D eigenvalue weighted by atomic mass is 16.7. The molecule has 2 fully saturated rings. The van der Waals surface area contributed by atoms with Gasteiger partial charge in [-0.25, -0.2) is 0 Å². The minimum atomic E-state index is -1.49. The highest BCUT2D eigenvalue weighted by molar-refractivity contribution is 5.04. The van der Waals surface area contributed by atoms with Crippen LogP contribution in [-0.2, 0) is 9.47 Å². The summed E-state index contributed by atoms with van der Waals surface area (Å²) in [7, 11) is 0. The SMILES string of the molecule is C=C(C)[C@@H]1CC[C@@](C)(O)[C@@H](O[C@@H]2O[C@H](CO)[C@@H](O)[C@H](O)[C@H]2O)C1. The lowest BCUT2D eigenvalue weighted by molar-refractivity contribution is -0.326. The standard InChI is InChI=1S/C16H28O7/c1-8(2)9-4-5-16(3,21)11(6-9)23-15-14(20)13(19)12(18)10(7-17)22-15/h9-15,17-21H,1,4-7H2,2-3H3/t9-,10-,11+,12-,13+,14-,15+,16-/m1/s1. The molecule has 0 aromatic carbocycles. The molecule has 8 atom stereocenters. The molecule has 0 aromatic heterocycles. The monoisotopic (exact) mass is 332 g/mol. The molecule has 1 saturated heterocycles. The number of aliphatic hydroxyl groups excluding tert-OH is 4. The second-order valence-electron chi connectivity index (χ2n) is 7.00. The molecule has 7 nitrogen and oxygen atoms in total. The molecule has 1 aliphatic carbocycles. The van der Waals surface area contributed by atoms with Crippen LogP contribution in [0.3, 0.4) is 0 Å². The topological polar surface area (TPSA) is 120 Å². The summed E-state index contributed by atoms with van der Waals surface area (Å²) in [4.78, 5) is 0. The summed E-state index contributed by atoms with van der Waals surface area (Å²) in [5.41, 5.74) is -0.0898. The van der Waals surface area contributed by atoms with Crippen LogP contribution < -0.4 is 0 Å². The van der Waals surface area contributed by atoms with Gasteiger partial charge in [0, 0.05) is 0 Å². The molecule has 1 saturated carbocycles. The van der Waals surface area contributed by atoms with E-state index in [4.69, 9.17) is 9.47 Å². The van der Waals surface area contributed by atoms with Crippen molar-refractivity contribution in [2.75, 3.05) is 6.61 Å². The van der Waals surface area contributed by atoms with Gasteiger partial charge in [-0.3, -0.25) is 0 Å². The van der Waals surface area contributed by atoms with Crippen molar-refractivity contribution in [2.24, 2.45) is 5.92 Å². The van der Waals surface area contributed by atoms with Crippen molar-refractivity contribution >= 4 is 0 Å². The van der Waals surface area contributed by atoms with Gasteiger partial charge in [0.2, 0.25) is 0 Å². The molecule has 2 rings (SSSR count). The third kappa shape index (κ3) is 3.93. The lowest BCUT2D eigenvalue weighted by atomic mass is 9.75. The van der Waals surface area contributed by atoms with E-state index in [9.17, 15) is 25.5 Å². The lowest BCUT2D eigenvalue weighted by Crippen LogP contribution is -2.61. The van der Waals surface area contributed by atoms with Crippen LogP contribution in [0.2, 0.25) is 0 Å². The first-order chi connectivity index (χ1) is 10.7. The van der Waals surface area contributed by atoms with Crippen LogP contribution in [0, 0.1) is 5.92 Å². The van der Waals surface area contributed by atoms with Gasteiger partial charge >= 0.3 is 0 Å². The maximum Gasteiger partial charge on any atom is 0.187 e. The van der Waals surface area contributed by atoms with Crippen molar-refractivity contribution in [1.82, 2.24) is 0 Å². The molecule has 0 bridgehead atoms. The predicted octanol–water partition coefficient (Wildman–Crippen LogP) is -0.701. The van der Waals surface area contributed by atoms with Crippen LogP contribution in [0.4, 0.5) is 0 Å². The summed E-state index contributed by atoms with van der Waals surface area (Å²) in [6.45, 7) is 7.02. The molecule has 134 valence electrons. The average Bonchev–Trinajstić information content (AvgIpc) is 2.49. The Labute approximate surface area is 136 Å². The second kappa shape index (κ2) is 7.14. The normalized spacial score (nSPS) is 48.2. The van der Waals surface area contributed by atoms with Gasteiger partial charge in [-0.2, -0.15) is 0 Å². The molecule has 0 radical (unpaired) electrons. The van der Waals surface area contributed by atoms with E-state index >= 15 is 0 Å². The van der Waals surface area contributed by atoms with Gasteiger partial charge in [-0.1, -0.05) is 12.2 Å². The molecule has 7 heteroatoms. The molecule has 0 aromatic rings. The van der Waals surface area contributed by atoms with Crippen molar-refractivity contribution in [3.05, 3.63) is 12.2 Å². The first-order valence-corrected chi connectivity index (χ1v) is 8.01. The summed E-state index contributed by atoms with van der Waals surface area (Å²) in [6.07, 6.45) is -5.40.